The number of fused-ring (bicyclic) bond motifs is 1. The molecule has 2 aromatic rings. The van der Waals surface area contributed by atoms with Crippen LogP contribution in [0.4, 0.5) is 0 Å². The number of rotatable bonds is 6. The molecule has 2 heterocycles. The minimum Gasteiger partial charge on any atom is -0.352 e. The maximum Gasteiger partial charge on any atom is 0.332 e. The van der Waals surface area contributed by atoms with Crippen LogP contribution < -0.4 is 16.6 Å². The summed E-state index contributed by atoms with van der Waals surface area (Å²) < 4.78 is 3.26. The average molecular weight is 363 g/mol. The molecular formula is C18H25N3O3S. The van der Waals surface area contributed by atoms with Gasteiger partial charge >= 0.3 is 5.69 Å². The van der Waals surface area contributed by atoms with Crippen molar-refractivity contribution in [1.82, 2.24) is 14.5 Å². The van der Waals surface area contributed by atoms with Crippen LogP contribution in [0.5, 0.6) is 0 Å². The van der Waals surface area contributed by atoms with Crippen LogP contribution in [0.2, 0.25) is 0 Å². The Bertz CT molecular complexity index is 859. The van der Waals surface area contributed by atoms with Crippen LogP contribution in [0.3, 0.4) is 0 Å². The number of hydrogen-bond acceptors (Lipinski definition) is 4. The first-order chi connectivity index (χ1) is 12.1. The normalized spacial score (nSPS) is 15.6. The molecule has 1 saturated carbocycles. The van der Waals surface area contributed by atoms with Gasteiger partial charge in [0.15, 0.2) is 0 Å². The Morgan fingerprint density at radius 2 is 2.00 bits per heavy atom. The minimum atomic E-state index is -0.386. The van der Waals surface area contributed by atoms with E-state index >= 15 is 0 Å². The van der Waals surface area contributed by atoms with Gasteiger partial charge in [0.05, 0.1) is 5.52 Å². The molecule has 1 fully saturated rings. The lowest BCUT2D eigenvalue weighted by Gasteiger charge is -2.23. The van der Waals surface area contributed by atoms with Crippen LogP contribution in [0.25, 0.3) is 10.2 Å². The number of amides is 1. The maximum atomic E-state index is 12.8. The second-order valence-electron chi connectivity index (χ2n) is 6.72. The van der Waals surface area contributed by atoms with Crippen LogP contribution in [0, 0.1) is 0 Å². The van der Waals surface area contributed by atoms with Gasteiger partial charge in [0, 0.05) is 12.6 Å². The van der Waals surface area contributed by atoms with Gasteiger partial charge in [-0.3, -0.25) is 18.7 Å². The molecule has 0 unspecified atom stereocenters. The lowest BCUT2D eigenvalue weighted by molar-refractivity contribution is -0.122. The highest BCUT2D eigenvalue weighted by Gasteiger charge is 2.19. The third-order valence-corrected chi connectivity index (χ3v) is 5.74. The van der Waals surface area contributed by atoms with Crippen molar-refractivity contribution in [3.63, 3.8) is 0 Å². The van der Waals surface area contributed by atoms with E-state index in [1.807, 2.05) is 6.92 Å². The summed E-state index contributed by atoms with van der Waals surface area (Å²) in [5, 5.41) is 4.84. The monoisotopic (exact) mass is 363 g/mol. The van der Waals surface area contributed by atoms with Gasteiger partial charge in [0.1, 0.15) is 11.2 Å². The number of nitrogens with one attached hydrogen (secondary N) is 1. The van der Waals surface area contributed by atoms with Gasteiger partial charge < -0.3 is 5.32 Å². The summed E-state index contributed by atoms with van der Waals surface area (Å²) in [5.74, 6) is -0.151. The van der Waals surface area contributed by atoms with E-state index < -0.39 is 0 Å². The predicted octanol–water partition coefficient (Wildman–Crippen LogP) is 2.47. The third-order valence-electron chi connectivity index (χ3n) is 4.84. The summed E-state index contributed by atoms with van der Waals surface area (Å²) in [7, 11) is 0. The molecule has 136 valence electrons. The topological polar surface area (TPSA) is 73.1 Å². The summed E-state index contributed by atoms with van der Waals surface area (Å²) in [4.78, 5) is 37.8. The Morgan fingerprint density at radius 3 is 2.72 bits per heavy atom. The highest BCUT2D eigenvalue weighted by atomic mass is 32.1. The van der Waals surface area contributed by atoms with Crippen LogP contribution in [-0.2, 0) is 17.9 Å². The van der Waals surface area contributed by atoms with Gasteiger partial charge in [-0.25, -0.2) is 4.79 Å². The summed E-state index contributed by atoms with van der Waals surface area (Å²) in [6, 6.07) is 1.96. The van der Waals surface area contributed by atoms with Gasteiger partial charge in [0.2, 0.25) is 5.91 Å². The number of aromatic nitrogens is 2. The molecule has 0 aromatic carbocycles. The Kier molecular flexibility index (Phi) is 5.73. The standard InChI is InChI=1S/C18H25N3O3S/c1-2-3-10-20-17(23)16-14(9-11-25-16)21(18(20)24)12-15(22)19-13-7-5-4-6-8-13/h9,11,13H,2-8,10,12H2,1H3,(H,19,22). The van der Waals surface area contributed by atoms with Crippen molar-refractivity contribution in [2.24, 2.45) is 0 Å². The van der Waals surface area contributed by atoms with E-state index in [0.717, 1.165) is 38.5 Å². The molecule has 0 spiro atoms. The Hall–Kier alpha value is -1.89. The number of nitrogens with zero attached hydrogens (tertiary/aromatic N) is 2. The first-order valence-electron chi connectivity index (χ1n) is 9.12. The van der Waals surface area contributed by atoms with Crippen LogP contribution in [0.15, 0.2) is 21.0 Å². The van der Waals surface area contributed by atoms with E-state index in [-0.39, 0.29) is 29.7 Å². The quantitative estimate of drug-likeness (QED) is 0.857. The van der Waals surface area contributed by atoms with Crippen molar-refractivity contribution in [1.29, 1.82) is 0 Å². The molecule has 0 saturated heterocycles. The fourth-order valence-corrected chi connectivity index (χ4v) is 4.31. The lowest BCUT2D eigenvalue weighted by atomic mass is 9.95. The molecule has 0 bridgehead atoms. The number of carbonyl (C=O) groups excluding carboxylic acids is 1. The third kappa shape index (κ3) is 3.86. The molecule has 0 radical (unpaired) electrons. The molecule has 1 N–H and O–H groups in total. The molecule has 1 aliphatic carbocycles. The summed E-state index contributed by atoms with van der Waals surface area (Å²) in [6.07, 6.45) is 7.18. The molecule has 0 aliphatic heterocycles. The summed E-state index contributed by atoms with van der Waals surface area (Å²) in [6.45, 7) is 2.38. The number of carbonyl (C=O) groups is 1. The zero-order valence-corrected chi connectivity index (χ0v) is 15.4. The molecule has 1 amide bonds. The van der Waals surface area contributed by atoms with Crippen LogP contribution in [0.1, 0.15) is 51.9 Å². The molecule has 0 atom stereocenters. The highest BCUT2D eigenvalue weighted by Crippen LogP contribution is 2.18. The van der Waals surface area contributed by atoms with Crippen molar-refractivity contribution < 1.29 is 4.79 Å². The SMILES string of the molecule is CCCCn1c(=O)c2sccc2n(CC(=O)NC2CCCCC2)c1=O. The lowest BCUT2D eigenvalue weighted by Crippen LogP contribution is -2.44. The van der Waals surface area contributed by atoms with E-state index in [0.29, 0.717) is 16.8 Å². The molecular weight excluding hydrogens is 338 g/mol. The zero-order chi connectivity index (χ0) is 17.8. The molecule has 6 nitrogen and oxygen atoms in total. The molecule has 2 aromatic heterocycles. The second kappa shape index (κ2) is 7.99. The largest absolute Gasteiger partial charge is 0.352 e. The smallest absolute Gasteiger partial charge is 0.332 e. The van der Waals surface area contributed by atoms with Gasteiger partial charge in [-0.2, -0.15) is 0 Å². The maximum absolute atomic E-state index is 12.8. The summed E-state index contributed by atoms with van der Waals surface area (Å²) >= 11 is 1.32. The van der Waals surface area contributed by atoms with Gasteiger partial charge in [-0.1, -0.05) is 32.6 Å². The Morgan fingerprint density at radius 1 is 1.24 bits per heavy atom. The summed E-state index contributed by atoms with van der Waals surface area (Å²) in [5.41, 5.74) is -0.0675. The first kappa shape index (κ1) is 17.9. The Labute approximate surface area is 150 Å². The van der Waals surface area contributed by atoms with E-state index in [4.69, 9.17) is 0 Å². The van der Waals surface area contributed by atoms with Crippen molar-refractivity contribution in [3.05, 3.63) is 32.3 Å². The van der Waals surface area contributed by atoms with Gasteiger partial charge in [-0.15, -0.1) is 11.3 Å². The van der Waals surface area contributed by atoms with Crippen molar-refractivity contribution in [3.8, 4) is 0 Å². The number of hydrogen-bond donors (Lipinski definition) is 1. The van der Waals surface area contributed by atoms with Gasteiger partial charge in [-0.05, 0) is 30.7 Å². The van der Waals surface area contributed by atoms with Crippen LogP contribution in [-0.4, -0.2) is 21.1 Å². The zero-order valence-electron chi connectivity index (χ0n) is 14.6. The molecule has 1 aliphatic rings. The highest BCUT2D eigenvalue weighted by molar-refractivity contribution is 7.17. The fraction of sp³-hybridized carbons (Fsp3) is 0.611. The van der Waals surface area contributed by atoms with Crippen LogP contribution >= 0.6 is 11.3 Å². The predicted molar refractivity (Wildman–Crippen MR) is 100 cm³/mol. The van der Waals surface area contributed by atoms with Gasteiger partial charge in [0.25, 0.3) is 5.56 Å². The second-order valence-corrected chi connectivity index (χ2v) is 7.63. The van der Waals surface area contributed by atoms with E-state index in [1.54, 1.807) is 11.4 Å². The van der Waals surface area contributed by atoms with E-state index in [9.17, 15) is 14.4 Å². The minimum absolute atomic E-state index is 0.0328. The molecule has 3 rings (SSSR count). The van der Waals surface area contributed by atoms with Crippen molar-refractivity contribution in [2.75, 3.05) is 0 Å². The number of thiophene rings is 1. The average Bonchev–Trinajstić information content (AvgIpc) is 3.09. The molecule has 25 heavy (non-hydrogen) atoms. The number of unbranched alkanes of at least 4 members (excludes halogenated alkanes) is 1. The first-order valence-corrected chi connectivity index (χ1v) is 10.00. The fourth-order valence-electron chi connectivity index (χ4n) is 3.46. The molecule has 7 heteroatoms. The van der Waals surface area contributed by atoms with E-state index in [1.165, 1.54) is 26.9 Å². The van der Waals surface area contributed by atoms with Crippen molar-refractivity contribution >= 4 is 27.5 Å². The van der Waals surface area contributed by atoms with Crippen molar-refractivity contribution in [2.45, 2.75) is 71.0 Å². The Balaban J connectivity index is 1.89. The van der Waals surface area contributed by atoms with E-state index in [2.05, 4.69) is 5.32 Å².